The summed E-state index contributed by atoms with van der Waals surface area (Å²) in [6.07, 6.45) is 4.20. The maximum Gasteiger partial charge on any atom is 0.244 e. The summed E-state index contributed by atoms with van der Waals surface area (Å²) in [5.74, 6) is 1.18. The van der Waals surface area contributed by atoms with Crippen molar-refractivity contribution in [3.63, 3.8) is 0 Å². The van der Waals surface area contributed by atoms with Crippen LogP contribution in [0.2, 0.25) is 0 Å². The van der Waals surface area contributed by atoms with Gasteiger partial charge in [0, 0.05) is 31.0 Å². The highest BCUT2D eigenvalue weighted by Gasteiger charge is 2.11. The zero-order valence-electron chi connectivity index (χ0n) is 15.5. The van der Waals surface area contributed by atoms with Crippen LogP contribution >= 0.6 is 0 Å². The molecular weight excluding hydrogens is 336 g/mol. The molecule has 1 saturated heterocycles. The van der Waals surface area contributed by atoms with E-state index in [1.54, 1.807) is 6.20 Å². The van der Waals surface area contributed by atoms with Gasteiger partial charge in [-0.2, -0.15) is 10.1 Å². The summed E-state index contributed by atoms with van der Waals surface area (Å²) in [6.45, 7) is 5.05. The van der Waals surface area contributed by atoms with E-state index in [-0.39, 0.29) is 0 Å². The number of anilines is 4. The van der Waals surface area contributed by atoms with Crippen molar-refractivity contribution in [2.75, 3.05) is 28.6 Å². The molecule has 2 heterocycles. The molecule has 1 aromatic heterocycles. The molecule has 2 N–H and O–H groups in total. The lowest BCUT2D eigenvalue weighted by atomic mass is 10.1. The molecule has 4 rings (SSSR count). The number of nitrogens with one attached hydrogen (secondary N) is 2. The molecule has 0 saturated carbocycles. The van der Waals surface area contributed by atoms with Gasteiger partial charge in [-0.15, -0.1) is 5.10 Å². The minimum Gasteiger partial charge on any atom is -0.372 e. The zero-order valence-corrected chi connectivity index (χ0v) is 15.5. The van der Waals surface area contributed by atoms with Gasteiger partial charge in [0.1, 0.15) is 0 Å². The maximum absolute atomic E-state index is 4.50. The second kappa shape index (κ2) is 8.03. The van der Waals surface area contributed by atoms with Crippen LogP contribution in [0.5, 0.6) is 0 Å². The molecule has 1 aliphatic heterocycles. The fraction of sp³-hybridized carbons (Fsp3) is 0.286. The van der Waals surface area contributed by atoms with E-state index in [9.17, 15) is 0 Å². The van der Waals surface area contributed by atoms with Crippen LogP contribution in [-0.4, -0.2) is 28.3 Å². The highest BCUT2D eigenvalue weighted by atomic mass is 15.3. The van der Waals surface area contributed by atoms with Crippen molar-refractivity contribution < 1.29 is 0 Å². The number of rotatable bonds is 6. The first-order valence-corrected chi connectivity index (χ1v) is 9.37. The molecule has 1 aliphatic rings. The molecule has 3 aromatic rings. The van der Waals surface area contributed by atoms with Crippen molar-refractivity contribution >= 4 is 23.1 Å². The average molecular weight is 360 g/mol. The number of nitrogens with zero attached hydrogens (tertiary/aromatic N) is 4. The third-order valence-electron chi connectivity index (χ3n) is 4.70. The second-order valence-corrected chi connectivity index (χ2v) is 6.87. The Balaban J connectivity index is 1.38. The van der Waals surface area contributed by atoms with E-state index in [4.69, 9.17) is 0 Å². The maximum atomic E-state index is 4.50. The summed E-state index contributed by atoms with van der Waals surface area (Å²) in [7, 11) is 0. The number of benzene rings is 2. The molecule has 6 heteroatoms. The van der Waals surface area contributed by atoms with Gasteiger partial charge in [-0.1, -0.05) is 29.8 Å². The minimum absolute atomic E-state index is 0.509. The highest BCUT2D eigenvalue weighted by Crippen LogP contribution is 2.23. The van der Waals surface area contributed by atoms with Crippen LogP contribution in [0.3, 0.4) is 0 Å². The highest BCUT2D eigenvalue weighted by molar-refractivity contribution is 5.61. The first-order valence-electron chi connectivity index (χ1n) is 9.37. The molecule has 0 spiro atoms. The van der Waals surface area contributed by atoms with Crippen molar-refractivity contribution in [3.8, 4) is 0 Å². The zero-order chi connectivity index (χ0) is 18.5. The molecule has 0 atom stereocenters. The molecule has 0 aliphatic carbocycles. The van der Waals surface area contributed by atoms with Gasteiger partial charge < -0.3 is 15.5 Å². The normalized spacial score (nSPS) is 13.6. The lowest BCUT2D eigenvalue weighted by Gasteiger charge is -2.17. The Morgan fingerprint density at radius 2 is 1.85 bits per heavy atom. The molecule has 27 heavy (non-hydrogen) atoms. The summed E-state index contributed by atoms with van der Waals surface area (Å²) in [5, 5.41) is 14.6. The van der Waals surface area contributed by atoms with E-state index >= 15 is 0 Å². The van der Waals surface area contributed by atoms with Crippen LogP contribution in [-0.2, 0) is 6.54 Å². The van der Waals surface area contributed by atoms with Gasteiger partial charge in [0.25, 0.3) is 0 Å². The van der Waals surface area contributed by atoms with Gasteiger partial charge in [-0.3, -0.25) is 0 Å². The van der Waals surface area contributed by atoms with E-state index in [1.165, 1.54) is 29.7 Å². The Morgan fingerprint density at radius 1 is 1.04 bits per heavy atom. The molecule has 0 radical (unpaired) electrons. The van der Waals surface area contributed by atoms with E-state index in [1.807, 2.05) is 0 Å². The van der Waals surface area contributed by atoms with Crippen LogP contribution in [0.15, 0.2) is 54.7 Å². The van der Waals surface area contributed by atoms with Gasteiger partial charge in [0.15, 0.2) is 5.82 Å². The van der Waals surface area contributed by atoms with Gasteiger partial charge in [-0.25, -0.2) is 0 Å². The number of hydrogen-bond donors (Lipinski definition) is 2. The number of hydrogen-bond acceptors (Lipinski definition) is 6. The van der Waals surface area contributed by atoms with E-state index < -0.39 is 0 Å². The summed E-state index contributed by atoms with van der Waals surface area (Å²) in [5.41, 5.74) is 4.69. The SMILES string of the molecule is Cc1cccc(CNc2nncc(Nc3ccc(N4CCCC4)cc3)n2)c1. The summed E-state index contributed by atoms with van der Waals surface area (Å²) in [4.78, 5) is 6.92. The van der Waals surface area contributed by atoms with Crippen molar-refractivity contribution in [2.45, 2.75) is 26.3 Å². The monoisotopic (exact) mass is 360 g/mol. The minimum atomic E-state index is 0.509. The largest absolute Gasteiger partial charge is 0.372 e. The van der Waals surface area contributed by atoms with Crippen molar-refractivity contribution in [3.05, 3.63) is 65.9 Å². The molecule has 0 amide bonds. The van der Waals surface area contributed by atoms with Crippen molar-refractivity contribution in [1.82, 2.24) is 15.2 Å². The summed E-state index contributed by atoms with van der Waals surface area (Å²) in [6, 6.07) is 16.8. The Hall–Kier alpha value is -3.15. The smallest absolute Gasteiger partial charge is 0.244 e. The molecule has 6 nitrogen and oxygen atoms in total. The standard InChI is InChI=1S/C21H24N6/c1-16-5-4-6-17(13-16)14-22-21-25-20(15-23-26-21)24-18-7-9-19(10-8-18)27-11-2-3-12-27/h4-10,13,15H,2-3,11-12,14H2,1H3,(H2,22,24,25,26). The van der Waals surface area contributed by atoms with E-state index in [0.717, 1.165) is 18.8 Å². The Kier molecular flexibility index (Phi) is 5.14. The Labute approximate surface area is 159 Å². The fourth-order valence-electron chi connectivity index (χ4n) is 3.32. The van der Waals surface area contributed by atoms with E-state index in [0.29, 0.717) is 18.3 Å². The van der Waals surface area contributed by atoms with Crippen LogP contribution < -0.4 is 15.5 Å². The van der Waals surface area contributed by atoms with Crippen LogP contribution in [0, 0.1) is 6.92 Å². The number of aryl methyl sites for hydroxylation is 1. The van der Waals surface area contributed by atoms with Crippen molar-refractivity contribution in [1.29, 1.82) is 0 Å². The summed E-state index contributed by atoms with van der Waals surface area (Å²) >= 11 is 0. The molecule has 1 fully saturated rings. The fourth-order valence-corrected chi connectivity index (χ4v) is 3.32. The first-order chi connectivity index (χ1) is 13.3. The summed E-state index contributed by atoms with van der Waals surface area (Å²) < 4.78 is 0. The van der Waals surface area contributed by atoms with E-state index in [2.05, 4.69) is 86.2 Å². The van der Waals surface area contributed by atoms with Crippen LogP contribution in [0.25, 0.3) is 0 Å². The molecule has 138 valence electrons. The third-order valence-corrected chi connectivity index (χ3v) is 4.70. The molecule has 0 bridgehead atoms. The van der Waals surface area contributed by atoms with Crippen molar-refractivity contribution in [2.24, 2.45) is 0 Å². The molecule has 2 aromatic carbocycles. The predicted molar refractivity (Wildman–Crippen MR) is 110 cm³/mol. The first kappa shape index (κ1) is 17.3. The quantitative estimate of drug-likeness (QED) is 0.689. The van der Waals surface area contributed by atoms with Gasteiger partial charge in [0.05, 0.1) is 6.20 Å². The topological polar surface area (TPSA) is 66.0 Å². The van der Waals surface area contributed by atoms with Crippen LogP contribution in [0.4, 0.5) is 23.1 Å². The lowest BCUT2D eigenvalue weighted by molar-refractivity contribution is 0.948. The Morgan fingerprint density at radius 3 is 2.63 bits per heavy atom. The van der Waals surface area contributed by atoms with Gasteiger partial charge in [-0.05, 0) is 49.6 Å². The number of aromatic nitrogens is 3. The van der Waals surface area contributed by atoms with Crippen LogP contribution in [0.1, 0.15) is 24.0 Å². The Bertz CT molecular complexity index is 887. The van der Waals surface area contributed by atoms with Gasteiger partial charge >= 0.3 is 0 Å². The molecule has 0 unspecified atom stereocenters. The second-order valence-electron chi connectivity index (χ2n) is 6.87. The predicted octanol–water partition coefficient (Wildman–Crippen LogP) is 4.14. The van der Waals surface area contributed by atoms with Gasteiger partial charge in [0.2, 0.25) is 5.95 Å². The molecular formula is C21H24N6. The average Bonchev–Trinajstić information content (AvgIpc) is 3.22. The lowest BCUT2D eigenvalue weighted by Crippen LogP contribution is -2.17. The third kappa shape index (κ3) is 4.53.